The fourth-order valence-electron chi connectivity index (χ4n) is 1.11. The number of nitrogens with two attached hydrogens (primary N) is 1. The Kier molecular flexibility index (Phi) is 3.75. The Bertz CT molecular complexity index is 402. The van der Waals surface area contributed by atoms with Gasteiger partial charge in [-0.3, -0.25) is 0 Å². The summed E-state index contributed by atoms with van der Waals surface area (Å²) >= 11 is 0. The monoisotopic (exact) mass is 220 g/mol. The summed E-state index contributed by atoms with van der Waals surface area (Å²) in [5.41, 5.74) is 5.85. The second kappa shape index (κ2) is 4.86. The largest absolute Gasteiger partial charge is 0.497 e. The lowest BCUT2D eigenvalue weighted by Gasteiger charge is -2.19. The number of hydrogen-bond acceptors (Lipinski definition) is 4. The van der Waals surface area contributed by atoms with Crippen molar-refractivity contribution in [3.8, 4) is 17.6 Å². The van der Waals surface area contributed by atoms with E-state index in [1.807, 2.05) is 13.8 Å². The smallest absolute Gasteiger partial charge is 0.140 e. The van der Waals surface area contributed by atoms with Crippen LogP contribution in [0.1, 0.15) is 19.4 Å². The Hall–Kier alpha value is -1.73. The second-order valence-electron chi connectivity index (χ2n) is 4.25. The molecule has 0 aliphatic carbocycles. The number of methoxy groups -OCH3 is 1. The molecule has 1 aromatic carbocycles. The zero-order chi connectivity index (χ0) is 12.2. The number of hydrogen-bond donors (Lipinski definition) is 1. The highest BCUT2D eigenvalue weighted by Gasteiger charge is 2.13. The van der Waals surface area contributed by atoms with Crippen LogP contribution in [0, 0.1) is 11.3 Å². The second-order valence-corrected chi connectivity index (χ2v) is 4.25. The molecule has 0 radical (unpaired) electrons. The third kappa shape index (κ3) is 3.44. The number of nitrogens with zero attached hydrogens (tertiary/aromatic N) is 1. The van der Waals surface area contributed by atoms with Crippen LogP contribution in [0.2, 0.25) is 0 Å². The summed E-state index contributed by atoms with van der Waals surface area (Å²) < 4.78 is 10.6. The lowest BCUT2D eigenvalue weighted by molar-refractivity contribution is 0.242. The van der Waals surface area contributed by atoms with Crippen molar-refractivity contribution in [1.29, 1.82) is 5.26 Å². The summed E-state index contributed by atoms with van der Waals surface area (Å²) in [5.74, 6) is 1.16. The molecule has 0 saturated heterocycles. The molecule has 0 aromatic heterocycles. The van der Waals surface area contributed by atoms with E-state index in [2.05, 4.69) is 6.07 Å². The van der Waals surface area contributed by atoms with Gasteiger partial charge >= 0.3 is 0 Å². The number of benzene rings is 1. The third-order valence-corrected chi connectivity index (χ3v) is 1.91. The Labute approximate surface area is 95.6 Å². The first-order chi connectivity index (χ1) is 7.46. The van der Waals surface area contributed by atoms with Crippen LogP contribution in [-0.4, -0.2) is 19.3 Å². The van der Waals surface area contributed by atoms with Gasteiger partial charge < -0.3 is 15.2 Å². The summed E-state index contributed by atoms with van der Waals surface area (Å²) in [4.78, 5) is 0. The van der Waals surface area contributed by atoms with E-state index in [4.69, 9.17) is 20.5 Å². The van der Waals surface area contributed by atoms with E-state index >= 15 is 0 Å². The van der Waals surface area contributed by atoms with Crippen molar-refractivity contribution in [2.24, 2.45) is 5.73 Å². The molecule has 1 aromatic rings. The van der Waals surface area contributed by atoms with Gasteiger partial charge in [0, 0.05) is 11.6 Å². The van der Waals surface area contributed by atoms with Crippen LogP contribution in [0.3, 0.4) is 0 Å². The van der Waals surface area contributed by atoms with E-state index in [-0.39, 0.29) is 0 Å². The maximum atomic E-state index is 8.91. The summed E-state index contributed by atoms with van der Waals surface area (Å²) in [6.45, 7) is 4.06. The molecule has 0 fully saturated rings. The van der Waals surface area contributed by atoms with E-state index < -0.39 is 5.54 Å². The molecule has 4 heteroatoms. The van der Waals surface area contributed by atoms with Crippen LogP contribution in [0.25, 0.3) is 0 Å². The molecule has 4 nitrogen and oxygen atoms in total. The summed E-state index contributed by atoms with van der Waals surface area (Å²) in [6, 6.07) is 7.13. The fourth-order valence-corrected chi connectivity index (χ4v) is 1.11. The molecule has 0 amide bonds. The van der Waals surface area contributed by atoms with Gasteiger partial charge in [-0.1, -0.05) is 0 Å². The molecule has 0 spiro atoms. The predicted octanol–water partition coefficient (Wildman–Crippen LogP) is 1.68. The van der Waals surface area contributed by atoms with Crippen molar-refractivity contribution in [2.75, 3.05) is 13.7 Å². The third-order valence-electron chi connectivity index (χ3n) is 1.91. The maximum Gasteiger partial charge on any atom is 0.140 e. The molecule has 0 saturated carbocycles. The highest BCUT2D eigenvalue weighted by atomic mass is 16.5. The summed E-state index contributed by atoms with van der Waals surface area (Å²) in [7, 11) is 1.57. The highest BCUT2D eigenvalue weighted by molar-refractivity contribution is 5.47. The summed E-state index contributed by atoms with van der Waals surface area (Å²) in [6.07, 6.45) is 0. The summed E-state index contributed by atoms with van der Waals surface area (Å²) in [5, 5.41) is 8.91. The first kappa shape index (κ1) is 12.3. The van der Waals surface area contributed by atoms with Crippen molar-refractivity contribution in [2.45, 2.75) is 19.4 Å². The Morgan fingerprint density at radius 3 is 2.62 bits per heavy atom. The highest BCUT2D eigenvalue weighted by Crippen LogP contribution is 2.24. The minimum atomic E-state index is -0.435. The minimum absolute atomic E-state index is 0.342. The van der Waals surface area contributed by atoms with Gasteiger partial charge in [0.15, 0.2) is 0 Å². The quantitative estimate of drug-likeness (QED) is 0.838. The molecule has 0 aliphatic heterocycles. The molecule has 0 aliphatic rings. The molecular formula is C12H16N2O2. The molecule has 0 atom stereocenters. The topological polar surface area (TPSA) is 68.3 Å². The molecule has 0 bridgehead atoms. The van der Waals surface area contributed by atoms with E-state index in [0.717, 1.165) is 0 Å². The molecule has 0 unspecified atom stereocenters. The predicted molar refractivity (Wildman–Crippen MR) is 61.5 cm³/mol. The van der Waals surface area contributed by atoms with Crippen LogP contribution in [0.15, 0.2) is 18.2 Å². The minimum Gasteiger partial charge on any atom is -0.497 e. The lowest BCUT2D eigenvalue weighted by atomic mass is 10.1. The number of nitriles is 1. The Morgan fingerprint density at radius 1 is 1.44 bits per heavy atom. The van der Waals surface area contributed by atoms with Crippen molar-refractivity contribution >= 4 is 0 Å². The van der Waals surface area contributed by atoms with Crippen molar-refractivity contribution in [3.05, 3.63) is 23.8 Å². The van der Waals surface area contributed by atoms with Gasteiger partial charge in [-0.05, 0) is 26.0 Å². The fraction of sp³-hybridized carbons (Fsp3) is 0.417. The van der Waals surface area contributed by atoms with Gasteiger partial charge in [0.2, 0.25) is 0 Å². The van der Waals surface area contributed by atoms with Crippen molar-refractivity contribution in [1.82, 2.24) is 0 Å². The molecule has 16 heavy (non-hydrogen) atoms. The average molecular weight is 220 g/mol. The zero-order valence-corrected chi connectivity index (χ0v) is 9.78. The van der Waals surface area contributed by atoms with Crippen LogP contribution in [0.5, 0.6) is 11.5 Å². The van der Waals surface area contributed by atoms with Crippen LogP contribution in [-0.2, 0) is 0 Å². The maximum absolute atomic E-state index is 8.91. The van der Waals surface area contributed by atoms with Gasteiger partial charge in [-0.25, -0.2) is 0 Å². The Balaban J connectivity index is 2.89. The van der Waals surface area contributed by atoms with Crippen LogP contribution >= 0.6 is 0 Å². The van der Waals surface area contributed by atoms with Gasteiger partial charge in [-0.2, -0.15) is 5.26 Å². The van der Waals surface area contributed by atoms with Gasteiger partial charge in [0.1, 0.15) is 24.2 Å². The van der Waals surface area contributed by atoms with E-state index in [9.17, 15) is 0 Å². The van der Waals surface area contributed by atoms with Crippen molar-refractivity contribution in [3.63, 3.8) is 0 Å². The van der Waals surface area contributed by atoms with Gasteiger partial charge in [-0.15, -0.1) is 0 Å². The molecular weight excluding hydrogens is 204 g/mol. The Morgan fingerprint density at radius 2 is 2.12 bits per heavy atom. The average Bonchev–Trinajstić information content (AvgIpc) is 2.25. The zero-order valence-electron chi connectivity index (χ0n) is 9.78. The molecule has 86 valence electrons. The van der Waals surface area contributed by atoms with Gasteiger partial charge in [0.25, 0.3) is 0 Å². The molecule has 2 N–H and O–H groups in total. The first-order valence-corrected chi connectivity index (χ1v) is 4.96. The normalized spacial score (nSPS) is 10.7. The van der Waals surface area contributed by atoms with E-state index in [1.54, 1.807) is 25.3 Å². The number of rotatable bonds is 4. The molecule has 1 rings (SSSR count). The van der Waals surface area contributed by atoms with Crippen LogP contribution in [0.4, 0.5) is 0 Å². The lowest BCUT2D eigenvalue weighted by Crippen LogP contribution is -2.38. The van der Waals surface area contributed by atoms with Gasteiger partial charge in [0.05, 0.1) is 12.7 Å². The number of ether oxygens (including phenoxy) is 2. The standard InChI is InChI=1S/C12H16N2O2/c1-12(2,14)8-16-11-6-10(15-3)5-4-9(11)7-13/h4-6H,8,14H2,1-3H3. The van der Waals surface area contributed by atoms with Crippen molar-refractivity contribution < 1.29 is 9.47 Å². The first-order valence-electron chi connectivity index (χ1n) is 4.96. The van der Waals surface area contributed by atoms with E-state index in [0.29, 0.717) is 23.7 Å². The van der Waals surface area contributed by atoms with Crippen LogP contribution < -0.4 is 15.2 Å². The SMILES string of the molecule is COc1ccc(C#N)c(OCC(C)(C)N)c1. The molecule has 0 heterocycles. The van der Waals surface area contributed by atoms with E-state index in [1.165, 1.54) is 0 Å².